The van der Waals surface area contributed by atoms with Gasteiger partial charge in [-0.1, -0.05) is 25.1 Å². The third-order valence-corrected chi connectivity index (χ3v) is 3.37. The quantitative estimate of drug-likeness (QED) is 0.825. The Hall–Kier alpha value is -1.85. The second-order valence-electron chi connectivity index (χ2n) is 4.83. The van der Waals surface area contributed by atoms with Crippen molar-refractivity contribution >= 4 is 10.9 Å². The molecule has 1 atom stereocenters. The Bertz CT molecular complexity index is 596. The number of terminal acetylenes is 1. The summed E-state index contributed by atoms with van der Waals surface area (Å²) in [6, 6.07) is 10.8. The molecule has 0 spiro atoms. The van der Waals surface area contributed by atoms with E-state index in [9.17, 15) is 0 Å². The molecule has 1 N–H and O–H groups in total. The first-order valence-electron chi connectivity index (χ1n) is 6.76. The van der Waals surface area contributed by atoms with Crippen LogP contribution in [0.25, 0.3) is 10.9 Å². The first-order valence-corrected chi connectivity index (χ1v) is 6.76. The van der Waals surface area contributed by atoms with E-state index in [2.05, 4.69) is 47.4 Å². The van der Waals surface area contributed by atoms with Gasteiger partial charge in [-0.05, 0) is 31.0 Å². The first kappa shape index (κ1) is 13.6. The van der Waals surface area contributed by atoms with Crippen LogP contribution in [0, 0.1) is 19.3 Å². The minimum absolute atomic E-state index is 0.386. The molecule has 0 radical (unpaired) electrons. The second kappa shape index (κ2) is 6.36. The summed E-state index contributed by atoms with van der Waals surface area (Å²) >= 11 is 0. The number of rotatable bonds is 5. The van der Waals surface area contributed by atoms with Crippen LogP contribution in [0.3, 0.4) is 0 Å². The number of hydrogen-bond acceptors (Lipinski definition) is 2. The standard InChI is InChI=1S/C17H20N2/c1-4-8-15(5-2)18-12-14-11-13(3)19-17-10-7-6-9-16(14)17/h1,6-7,9-11,15,18H,5,8,12H2,2-3H3. The van der Waals surface area contributed by atoms with Crippen molar-refractivity contribution in [2.75, 3.05) is 0 Å². The fraction of sp³-hybridized carbons (Fsp3) is 0.353. The summed E-state index contributed by atoms with van der Waals surface area (Å²) in [5, 5.41) is 4.75. The molecule has 0 amide bonds. The average molecular weight is 252 g/mol. The molecule has 0 fully saturated rings. The molecule has 0 saturated heterocycles. The summed E-state index contributed by atoms with van der Waals surface area (Å²) in [6.07, 6.45) is 7.21. The van der Waals surface area contributed by atoms with Crippen molar-refractivity contribution in [2.45, 2.75) is 39.3 Å². The number of fused-ring (bicyclic) bond motifs is 1. The highest BCUT2D eigenvalue weighted by Gasteiger charge is 2.07. The van der Waals surface area contributed by atoms with Crippen molar-refractivity contribution in [3.63, 3.8) is 0 Å². The third-order valence-electron chi connectivity index (χ3n) is 3.37. The molecule has 2 nitrogen and oxygen atoms in total. The molecule has 0 aliphatic carbocycles. The number of aryl methyl sites for hydroxylation is 1. The van der Waals surface area contributed by atoms with Gasteiger partial charge in [-0.2, -0.15) is 0 Å². The number of nitrogens with one attached hydrogen (secondary N) is 1. The number of nitrogens with zero attached hydrogens (tertiary/aromatic N) is 1. The fourth-order valence-electron chi connectivity index (χ4n) is 2.30. The lowest BCUT2D eigenvalue weighted by Gasteiger charge is -2.15. The Balaban J connectivity index is 2.23. The van der Waals surface area contributed by atoms with Gasteiger partial charge in [0.2, 0.25) is 0 Å². The van der Waals surface area contributed by atoms with E-state index in [4.69, 9.17) is 6.42 Å². The van der Waals surface area contributed by atoms with Crippen molar-refractivity contribution in [1.82, 2.24) is 10.3 Å². The van der Waals surface area contributed by atoms with Crippen LogP contribution < -0.4 is 5.32 Å². The van der Waals surface area contributed by atoms with E-state index in [1.165, 1.54) is 10.9 Å². The molecule has 0 saturated carbocycles. The number of benzene rings is 1. The van der Waals surface area contributed by atoms with Gasteiger partial charge in [-0.15, -0.1) is 12.3 Å². The van der Waals surface area contributed by atoms with Crippen LogP contribution in [0.15, 0.2) is 30.3 Å². The summed E-state index contributed by atoms with van der Waals surface area (Å²) in [7, 11) is 0. The molecular weight excluding hydrogens is 232 g/mol. The first-order chi connectivity index (χ1) is 9.24. The molecule has 1 aromatic carbocycles. The van der Waals surface area contributed by atoms with Crippen LogP contribution in [0.1, 0.15) is 31.0 Å². The van der Waals surface area contributed by atoms with Gasteiger partial charge in [0.05, 0.1) is 5.52 Å². The molecule has 0 bridgehead atoms. The lowest BCUT2D eigenvalue weighted by molar-refractivity contribution is 0.507. The van der Waals surface area contributed by atoms with Gasteiger partial charge >= 0.3 is 0 Å². The van der Waals surface area contributed by atoms with Crippen LogP contribution >= 0.6 is 0 Å². The Labute approximate surface area is 115 Å². The van der Waals surface area contributed by atoms with Crippen LogP contribution in [-0.2, 0) is 6.54 Å². The Morgan fingerprint density at radius 3 is 2.89 bits per heavy atom. The summed E-state index contributed by atoms with van der Waals surface area (Å²) in [4.78, 5) is 4.56. The number of aromatic nitrogens is 1. The molecule has 1 heterocycles. The van der Waals surface area contributed by atoms with E-state index in [-0.39, 0.29) is 0 Å². The number of pyridine rings is 1. The molecule has 1 unspecified atom stereocenters. The molecule has 2 rings (SSSR count). The third kappa shape index (κ3) is 3.33. The van der Waals surface area contributed by atoms with Crippen LogP contribution in [0.2, 0.25) is 0 Å². The zero-order valence-corrected chi connectivity index (χ0v) is 11.6. The molecule has 98 valence electrons. The van der Waals surface area contributed by atoms with E-state index in [0.717, 1.165) is 30.6 Å². The van der Waals surface area contributed by atoms with Gasteiger partial charge in [0, 0.05) is 30.1 Å². The summed E-state index contributed by atoms with van der Waals surface area (Å²) in [5.74, 6) is 2.73. The highest BCUT2D eigenvalue weighted by Crippen LogP contribution is 2.18. The van der Waals surface area contributed by atoms with E-state index in [1.807, 2.05) is 13.0 Å². The predicted octanol–water partition coefficient (Wildman–Crippen LogP) is 3.43. The van der Waals surface area contributed by atoms with E-state index < -0.39 is 0 Å². The maximum absolute atomic E-state index is 5.39. The largest absolute Gasteiger partial charge is 0.309 e. The predicted molar refractivity (Wildman–Crippen MR) is 80.8 cm³/mol. The fourth-order valence-corrected chi connectivity index (χ4v) is 2.30. The van der Waals surface area contributed by atoms with Gasteiger partial charge in [0.1, 0.15) is 0 Å². The zero-order valence-electron chi connectivity index (χ0n) is 11.6. The van der Waals surface area contributed by atoms with Gasteiger partial charge in [0.25, 0.3) is 0 Å². The molecule has 2 heteroatoms. The van der Waals surface area contributed by atoms with Crippen molar-refractivity contribution in [3.8, 4) is 12.3 Å². The van der Waals surface area contributed by atoms with Crippen molar-refractivity contribution < 1.29 is 0 Å². The van der Waals surface area contributed by atoms with Gasteiger partial charge in [0.15, 0.2) is 0 Å². The average Bonchev–Trinajstić information content (AvgIpc) is 2.43. The van der Waals surface area contributed by atoms with Crippen molar-refractivity contribution in [3.05, 3.63) is 41.6 Å². The van der Waals surface area contributed by atoms with Gasteiger partial charge < -0.3 is 5.32 Å². The minimum atomic E-state index is 0.386. The van der Waals surface area contributed by atoms with Crippen molar-refractivity contribution in [2.24, 2.45) is 0 Å². The van der Waals surface area contributed by atoms with Crippen LogP contribution in [0.5, 0.6) is 0 Å². The van der Waals surface area contributed by atoms with Crippen molar-refractivity contribution in [1.29, 1.82) is 0 Å². The molecule has 2 aromatic rings. The van der Waals surface area contributed by atoms with Gasteiger partial charge in [-0.3, -0.25) is 4.98 Å². The summed E-state index contributed by atoms with van der Waals surface area (Å²) < 4.78 is 0. The molecule has 0 aliphatic rings. The monoisotopic (exact) mass is 252 g/mol. The molecule has 1 aromatic heterocycles. The van der Waals surface area contributed by atoms with E-state index >= 15 is 0 Å². The Morgan fingerprint density at radius 1 is 1.37 bits per heavy atom. The topological polar surface area (TPSA) is 24.9 Å². The highest BCUT2D eigenvalue weighted by molar-refractivity contribution is 5.82. The molecule has 19 heavy (non-hydrogen) atoms. The zero-order chi connectivity index (χ0) is 13.7. The summed E-state index contributed by atoms with van der Waals surface area (Å²) in [6.45, 7) is 5.03. The lowest BCUT2D eigenvalue weighted by Crippen LogP contribution is -2.27. The minimum Gasteiger partial charge on any atom is -0.309 e. The smallest absolute Gasteiger partial charge is 0.0708 e. The van der Waals surface area contributed by atoms with E-state index in [0.29, 0.717) is 6.04 Å². The second-order valence-corrected chi connectivity index (χ2v) is 4.83. The van der Waals surface area contributed by atoms with Gasteiger partial charge in [-0.25, -0.2) is 0 Å². The maximum atomic E-state index is 5.39. The summed E-state index contributed by atoms with van der Waals surface area (Å²) in [5.41, 5.74) is 3.41. The van der Waals surface area contributed by atoms with Crippen LogP contribution in [-0.4, -0.2) is 11.0 Å². The van der Waals surface area contributed by atoms with E-state index in [1.54, 1.807) is 0 Å². The Morgan fingerprint density at radius 2 is 2.16 bits per heavy atom. The SMILES string of the molecule is C#CCC(CC)NCc1cc(C)nc2ccccc12. The molecular formula is C17H20N2. The number of para-hydroxylation sites is 1. The lowest BCUT2D eigenvalue weighted by atomic mass is 10.1. The Kier molecular flexibility index (Phi) is 4.54. The molecule has 0 aliphatic heterocycles. The highest BCUT2D eigenvalue weighted by atomic mass is 14.9. The maximum Gasteiger partial charge on any atom is 0.0708 e. The van der Waals surface area contributed by atoms with Crippen LogP contribution in [0.4, 0.5) is 0 Å². The number of hydrogen-bond donors (Lipinski definition) is 1. The normalized spacial score (nSPS) is 12.3.